The van der Waals surface area contributed by atoms with Crippen LogP contribution in [0.25, 0.3) is 0 Å². The van der Waals surface area contributed by atoms with E-state index in [0.29, 0.717) is 0 Å². The summed E-state index contributed by atoms with van der Waals surface area (Å²) < 4.78 is 0. The molecule has 1 aliphatic carbocycles. The first kappa shape index (κ1) is 44.5. The van der Waals surface area contributed by atoms with E-state index in [1.807, 2.05) is 0 Å². The van der Waals surface area contributed by atoms with E-state index in [9.17, 15) is 0 Å². The summed E-state index contributed by atoms with van der Waals surface area (Å²) in [6, 6.07) is 83.0. The summed E-state index contributed by atoms with van der Waals surface area (Å²) in [7, 11) is 0. The number of nitrogens with zero attached hydrogens (tertiary/aromatic N) is 4. The van der Waals surface area contributed by atoms with Crippen molar-refractivity contribution in [2.45, 2.75) is 46.5 Å². The molecule has 9 aromatic rings. The zero-order valence-corrected chi connectivity index (χ0v) is 40.2. The predicted molar refractivity (Wildman–Crippen MR) is 294 cm³/mol. The number of hydrogen-bond acceptors (Lipinski definition) is 4. The molecule has 0 N–H and O–H groups in total. The third-order valence-electron chi connectivity index (χ3n) is 13.6. The van der Waals surface area contributed by atoms with Gasteiger partial charge in [0.05, 0.1) is 0 Å². The Morgan fingerprint density at radius 1 is 0.304 bits per heavy atom. The smallest absolute Gasteiger partial charge is 0.0490 e. The molecule has 0 saturated heterocycles. The molecule has 0 aromatic heterocycles. The molecule has 1 unspecified atom stereocenters. The zero-order valence-electron chi connectivity index (χ0n) is 40.2. The lowest BCUT2D eigenvalue weighted by Crippen LogP contribution is -2.24. The van der Waals surface area contributed by atoms with Crippen molar-refractivity contribution < 1.29 is 0 Å². The van der Waals surface area contributed by atoms with Gasteiger partial charge in [0, 0.05) is 73.7 Å². The van der Waals surface area contributed by atoms with Crippen LogP contribution in [0.2, 0.25) is 0 Å². The van der Waals surface area contributed by atoms with Crippen LogP contribution in [-0.4, -0.2) is 0 Å². The quantitative estimate of drug-likeness (QED) is 0.114. The first-order valence-corrected chi connectivity index (χ1v) is 24.0. The van der Waals surface area contributed by atoms with E-state index >= 15 is 0 Å². The Morgan fingerprint density at radius 3 is 0.942 bits per heavy atom. The first-order valence-electron chi connectivity index (χ1n) is 24.0. The van der Waals surface area contributed by atoms with E-state index in [1.165, 1.54) is 50.6 Å². The van der Waals surface area contributed by atoms with Gasteiger partial charge in [0.25, 0.3) is 0 Å². The molecule has 0 bridgehead atoms. The fourth-order valence-corrected chi connectivity index (χ4v) is 9.72. The van der Waals surface area contributed by atoms with Gasteiger partial charge < -0.3 is 19.6 Å². The predicted octanol–water partition coefficient (Wildman–Crippen LogP) is 18.3. The second-order valence-electron chi connectivity index (χ2n) is 18.3. The maximum Gasteiger partial charge on any atom is 0.0490 e. The number of aryl methyl sites for hydroxylation is 4. The van der Waals surface area contributed by atoms with Crippen LogP contribution >= 0.6 is 0 Å². The standard InChI is InChI=1S/C65H58N4/c1-48-20-12-16-28-61(48)68(62-29-17-13-21-49(62)2)58-40-36-56(37-41-58)66(53-24-8-6-9-25-53)55-34-32-52(33-35-55)65(5)46-44-60(45-47-65)67(54-26-10-7-11-27-54)57-38-42-59(43-39-57)69(63-30-18-14-22-50(63)3)64-31-19-15-23-51(64)4/h6-46H,47H2,1-5H3. The SMILES string of the molecule is Cc1ccccc1N(c1ccc(N(C2=CCC(C)(c3ccc(N(c4ccccc4)c4ccc(N(c5ccccc5C)c5ccccc5C)cc4)cc3)C=C2)c2ccccc2)cc1)c1ccccc1C. The van der Waals surface area contributed by atoms with E-state index < -0.39 is 0 Å². The number of hydrogen-bond donors (Lipinski definition) is 0. The molecule has 0 saturated carbocycles. The number of anilines is 11. The van der Waals surface area contributed by atoms with Crippen LogP contribution in [0.15, 0.2) is 254 Å². The monoisotopic (exact) mass is 894 g/mol. The summed E-state index contributed by atoms with van der Waals surface area (Å²) in [4.78, 5) is 9.47. The second-order valence-corrected chi connectivity index (χ2v) is 18.3. The first-order chi connectivity index (χ1) is 33.8. The van der Waals surface area contributed by atoms with Gasteiger partial charge in [0.1, 0.15) is 0 Å². The fourth-order valence-electron chi connectivity index (χ4n) is 9.72. The molecule has 9 aromatic carbocycles. The van der Waals surface area contributed by atoms with Crippen molar-refractivity contribution >= 4 is 62.6 Å². The number of para-hydroxylation sites is 6. The van der Waals surface area contributed by atoms with Crippen molar-refractivity contribution in [2.24, 2.45) is 0 Å². The molecule has 0 amide bonds. The number of allylic oxidation sites excluding steroid dienone is 3. The molecule has 4 nitrogen and oxygen atoms in total. The summed E-state index contributed by atoms with van der Waals surface area (Å²) >= 11 is 0. The van der Waals surface area contributed by atoms with Crippen molar-refractivity contribution in [2.75, 3.05) is 19.6 Å². The van der Waals surface area contributed by atoms with Gasteiger partial charge in [0.2, 0.25) is 0 Å². The van der Waals surface area contributed by atoms with E-state index in [4.69, 9.17) is 0 Å². The Morgan fingerprint density at radius 2 is 0.594 bits per heavy atom. The van der Waals surface area contributed by atoms with E-state index in [2.05, 4.69) is 303 Å². The molecule has 0 heterocycles. The number of rotatable bonds is 13. The van der Waals surface area contributed by atoms with Gasteiger partial charge in [-0.3, -0.25) is 0 Å². The molecule has 0 fully saturated rings. The Labute approximate surface area is 409 Å². The highest BCUT2D eigenvalue weighted by molar-refractivity contribution is 5.84. The highest BCUT2D eigenvalue weighted by Crippen LogP contribution is 2.44. The van der Waals surface area contributed by atoms with Gasteiger partial charge in [-0.2, -0.15) is 0 Å². The minimum absolute atomic E-state index is 0.191. The Balaban J connectivity index is 0.932. The average Bonchev–Trinajstić information content (AvgIpc) is 3.39. The minimum atomic E-state index is -0.191. The Hall–Kier alpha value is -8.34. The molecular formula is C65H58N4. The van der Waals surface area contributed by atoms with Crippen LogP contribution in [-0.2, 0) is 5.41 Å². The highest BCUT2D eigenvalue weighted by Gasteiger charge is 2.28. The molecule has 1 atom stereocenters. The molecular weight excluding hydrogens is 837 g/mol. The molecule has 0 spiro atoms. The molecule has 0 aliphatic heterocycles. The van der Waals surface area contributed by atoms with Crippen molar-refractivity contribution in [3.05, 3.63) is 282 Å². The van der Waals surface area contributed by atoms with Crippen LogP contribution in [0.5, 0.6) is 0 Å². The van der Waals surface area contributed by atoms with Gasteiger partial charge in [-0.15, -0.1) is 0 Å². The zero-order chi connectivity index (χ0) is 47.3. The minimum Gasteiger partial charge on any atom is -0.311 e. The van der Waals surface area contributed by atoms with Crippen molar-refractivity contribution in [1.82, 2.24) is 0 Å². The molecule has 0 radical (unpaired) electrons. The lowest BCUT2D eigenvalue weighted by Gasteiger charge is -2.34. The lowest BCUT2D eigenvalue weighted by molar-refractivity contribution is 0.595. The maximum atomic E-state index is 2.40. The van der Waals surface area contributed by atoms with E-state index in [0.717, 1.165) is 51.9 Å². The Kier molecular flexibility index (Phi) is 12.6. The average molecular weight is 895 g/mol. The lowest BCUT2D eigenvalue weighted by atomic mass is 9.76. The van der Waals surface area contributed by atoms with Crippen LogP contribution < -0.4 is 19.6 Å². The molecule has 338 valence electrons. The van der Waals surface area contributed by atoms with Gasteiger partial charge in [-0.25, -0.2) is 0 Å². The van der Waals surface area contributed by atoms with Gasteiger partial charge in [-0.1, -0.05) is 140 Å². The normalized spacial score (nSPS) is 14.2. The molecule has 1 aliphatic rings. The largest absolute Gasteiger partial charge is 0.311 e. The fraction of sp³-hybridized carbons (Fsp3) is 0.108. The third kappa shape index (κ3) is 9.10. The van der Waals surface area contributed by atoms with Crippen molar-refractivity contribution in [1.29, 1.82) is 0 Å². The number of benzene rings is 9. The highest BCUT2D eigenvalue weighted by atomic mass is 15.2. The third-order valence-corrected chi connectivity index (χ3v) is 13.6. The maximum absolute atomic E-state index is 2.40. The van der Waals surface area contributed by atoms with E-state index in [-0.39, 0.29) is 5.41 Å². The van der Waals surface area contributed by atoms with Crippen LogP contribution in [0.3, 0.4) is 0 Å². The summed E-state index contributed by atoms with van der Waals surface area (Å²) in [5.41, 5.74) is 19.6. The topological polar surface area (TPSA) is 13.0 Å². The summed E-state index contributed by atoms with van der Waals surface area (Å²) in [5.74, 6) is 0. The van der Waals surface area contributed by atoms with Crippen LogP contribution in [0, 0.1) is 27.7 Å². The van der Waals surface area contributed by atoms with Gasteiger partial charge >= 0.3 is 0 Å². The summed E-state index contributed by atoms with van der Waals surface area (Å²) in [5, 5.41) is 0. The Bertz CT molecular complexity index is 3160. The van der Waals surface area contributed by atoms with Crippen molar-refractivity contribution in [3.63, 3.8) is 0 Å². The van der Waals surface area contributed by atoms with E-state index in [1.54, 1.807) is 0 Å². The van der Waals surface area contributed by atoms with Crippen LogP contribution in [0.1, 0.15) is 41.2 Å². The summed E-state index contributed by atoms with van der Waals surface area (Å²) in [6.07, 6.45) is 7.95. The van der Waals surface area contributed by atoms with Crippen LogP contribution in [0.4, 0.5) is 62.6 Å². The molecule has 69 heavy (non-hydrogen) atoms. The van der Waals surface area contributed by atoms with Gasteiger partial charge in [0.15, 0.2) is 0 Å². The molecule has 10 rings (SSSR count). The summed E-state index contributed by atoms with van der Waals surface area (Å²) in [6.45, 7) is 11.1. The van der Waals surface area contributed by atoms with Crippen molar-refractivity contribution in [3.8, 4) is 0 Å². The second kappa shape index (κ2) is 19.5. The molecule has 4 heteroatoms. The van der Waals surface area contributed by atoms with Gasteiger partial charge in [-0.05, 0) is 177 Å².